The van der Waals surface area contributed by atoms with Gasteiger partial charge in [-0.1, -0.05) is 0 Å². The highest BCUT2D eigenvalue weighted by molar-refractivity contribution is 5.92. The standard InChI is InChI=1S/C30H30O8/c1-30(20-36-30)16-18-34-24-10-6-22(7-11-24)29(32)38-26-14-12-25(13-15-26)37-28(31)21-4-8-23(9-5-21)33-17-2-3-27-19-35-27/h4-15,27H,2-3,16-20H2,1H3. The highest BCUT2D eigenvalue weighted by Crippen LogP contribution is 2.30. The van der Waals surface area contributed by atoms with Gasteiger partial charge in [0.1, 0.15) is 23.0 Å². The SMILES string of the molecule is CC1(CCOc2ccc(C(=O)Oc3ccc(OC(=O)c4ccc(OCCCC5CO5)cc4)cc3)cc2)CO1. The lowest BCUT2D eigenvalue weighted by Gasteiger charge is -2.09. The highest BCUT2D eigenvalue weighted by Gasteiger charge is 2.38. The molecule has 2 aliphatic rings. The van der Waals surface area contributed by atoms with Gasteiger partial charge >= 0.3 is 11.9 Å². The lowest BCUT2D eigenvalue weighted by molar-refractivity contribution is 0.0719. The molecule has 2 atom stereocenters. The fraction of sp³-hybridized carbons (Fsp3) is 0.333. The molecule has 5 rings (SSSR count). The van der Waals surface area contributed by atoms with Gasteiger partial charge in [0.2, 0.25) is 0 Å². The van der Waals surface area contributed by atoms with Crippen LogP contribution in [0.25, 0.3) is 0 Å². The molecular weight excluding hydrogens is 488 g/mol. The van der Waals surface area contributed by atoms with Crippen molar-refractivity contribution in [2.75, 3.05) is 26.4 Å². The maximum atomic E-state index is 12.5. The number of benzene rings is 3. The molecule has 0 spiro atoms. The maximum Gasteiger partial charge on any atom is 0.343 e. The first-order valence-corrected chi connectivity index (χ1v) is 12.7. The third-order valence-electron chi connectivity index (χ3n) is 6.30. The van der Waals surface area contributed by atoms with Gasteiger partial charge in [-0.15, -0.1) is 0 Å². The third-order valence-corrected chi connectivity index (χ3v) is 6.30. The Balaban J connectivity index is 1.06. The molecule has 3 aromatic carbocycles. The molecular formula is C30H30O8. The van der Waals surface area contributed by atoms with E-state index in [9.17, 15) is 9.59 Å². The molecule has 8 heteroatoms. The Labute approximate surface area is 221 Å². The molecule has 2 fully saturated rings. The number of carbonyl (C=O) groups is 2. The Hall–Kier alpha value is -3.88. The number of carbonyl (C=O) groups excluding carboxylic acids is 2. The number of ether oxygens (including phenoxy) is 6. The number of esters is 2. The van der Waals surface area contributed by atoms with E-state index in [1.54, 1.807) is 72.8 Å². The molecule has 0 amide bonds. The molecule has 2 saturated heterocycles. The van der Waals surface area contributed by atoms with E-state index in [0.29, 0.717) is 53.4 Å². The Morgan fingerprint density at radius 2 is 1.21 bits per heavy atom. The fourth-order valence-corrected chi connectivity index (χ4v) is 3.67. The molecule has 8 nitrogen and oxygen atoms in total. The van der Waals surface area contributed by atoms with Crippen molar-refractivity contribution in [3.8, 4) is 23.0 Å². The number of rotatable bonds is 13. The molecule has 0 bridgehead atoms. The van der Waals surface area contributed by atoms with Crippen molar-refractivity contribution in [3.63, 3.8) is 0 Å². The summed E-state index contributed by atoms with van der Waals surface area (Å²) in [6, 6.07) is 19.9. The van der Waals surface area contributed by atoms with E-state index in [1.165, 1.54) is 0 Å². The Kier molecular flexibility index (Phi) is 7.91. The summed E-state index contributed by atoms with van der Waals surface area (Å²) in [4.78, 5) is 25.0. The molecule has 0 N–H and O–H groups in total. The van der Waals surface area contributed by atoms with Crippen LogP contribution in [0, 0.1) is 0 Å². The van der Waals surface area contributed by atoms with Crippen LogP contribution in [0.5, 0.6) is 23.0 Å². The maximum absolute atomic E-state index is 12.5. The summed E-state index contributed by atoms with van der Waals surface area (Å²) in [7, 11) is 0. The predicted molar refractivity (Wildman–Crippen MR) is 138 cm³/mol. The van der Waals surface area contributed by atoms with Crippen molar-refractivity contribution in [2.24, 2.45) is 0 Å². The van der Waals surface area contributed by atoms with Crippen LogP contribution in [0.3, 0.4) is 0 Å². The summed E-state index contributed by atoms with van der Waals surface area (Å²) in [5.41, 5.74) is 0.750. The van der Waals surface area contributed by atoms with Crippen LogP contribution in [0.15, 0.2) is 72.8 Å². The zero-order valence-electron chi connectivity index (χ0n) is 21.2. The van der Waals surface area contributed by atoms with Crippen LogP contribution in [0.4, 0.5) is 0 Å². The molecule has 3 aromatic rings. The van der Waals surface area contributed by atoms with Crippen LogP contribution in [0.1, 0.15) is 46.9 Å². The molecule has 38 heavy (non-hydrogen) atoms. The van der Waals surface area contributed by atoms with Crippen LogP contribution in [-0.2, 0) is 9.47 Å². The molecule has 198 valence electrons. The summed E-state index contributed by atoms with van der Waals surface area (Å²) >= 11 is 0. The van der Waals surface area contributed by atoms with E-state index in [2.05, 4.69) is 6.92 Å². The molecule has 0 aromatic heterocycles. The average molecular weight is 519 g/mol. The number of hydrogen-bond donors (Lipinski definition) is 0. The first-order chi connectivity index (χ1) is 18.5. The van der Waals surface area contributed by atoms with E-state index in [1.807, 2.05) is 0 Å². The van der Waals surface area contributed by atoms with Crippen molar-refractivity contribution in [1.29, 1.82) is 0 Å². The summed E-state index contributed by atoms with van der Waals surface area (Å²) < 4.78 is 32.8. The van der Waals surface area contributed by atoms with Gasteiger partial charge in [-0.2, -0.15) is 0 Å². The van der Waals surface area contributed by atoms with Gasteiger partial charge in [0.25, 0.3) is 0 Å². The molecule has 0 saturated carbocycles. The summed E-state index contributed by atoms with van der Waals surface area (Å²) in [6.45, 7) is 4.83. The Morgan fingerprint density at radius 1 is 0.763 bits per heavy atom. The molecule has 2 aliphatic heterocycles. The van der Waals surface area contributed by atoms with Crippen molar-refractivity contribution in [3.05, 3.63) is 83.9 Å². The van der Waals surface area contributed by atoms with Gasteiger partial charge in [-0.25, -0.2) is 9.59 Å². The van der Waals surface area contributed by atoms with Gasteiger partial charge in [-0.05, 0) is 92.6 Å². The molecule has 2 heterocycles. The fourth-order valence-electron chi connectivity index (χ4n) is 3.67. The zero-order valence-corrected chi connectivity index (χ0v) is 21.2. The van der Waals surface area contributed by atoms with Crippen molar-refractivity contribution < 1.29 is 38.0 Å². The van der Waals surface area contributed by atoms with Crippen LogP contribution in [0.2, 0.25) is 0 Å². The number of hydrogen-bond acceptors (Lipinski definition) is 8. The average Bonchev–Trinajstić information content (AvgIpc) is 3.87. The van der Waals surface area contributed by atoms with Gasteiger partial charge in [0.05, 0.1) is 49.3 Å². The van der Waals surface area contributed by atoms with Crippen molar-refractivity contribution >= 4 is 11.9 Å². The van der Waals surface area contributed by atoms with Gasteiger partial charge in [0, 0.05) is 6.42 Å². The highest BCUT2D eigenvalue weighted by atomic mass is 16.6. The normalized spacial score (nSPS) is 19.3. The predicted octanol–water partition coefficient (Wildman–Crippen LogP) is 5.24. The lowest BCUT2D eigenvalue weighted by Crippen LogP contribution is -2.11. The minimum atomic E-state index is -0.497. The topological polar surface area (TPSA) is 96.1 Å². The van der Waals surface area contributed by atoms with Crippen LogP contribution >= 0.6 is 0 Å². The van der Waals surface area contributed by atoms with Crippen molar-refractivity contribution in [1.82, 2.24) is 0 Å². The van der Waals surface area contributed by atoms with Crippen LogP contribution < -0.4 is 18.9 Å². The molecule has 0 aliphatic carbocycles. The Bertz CT molecular complexity index is 1230. The lowest BCUT2D eigenvalue weighted by atomic mass is 10.1. The second-order valence-corrected chi connectivity index (χ2v) is 9.58. The smallest absolute Gasteiger partial charge is 0.343 e. The Morgan fingerprint density at radius 3 is 1.66 bits per heavy atom. The summed E-state index contributed by atoms with van der Waals surface area (Å²) in [6.07, 6.45) is 3.15. The van der Waals surface area contributed by atoms with Gasteiger partial charge < -0.3 is 28.4 Å². The van der Waals surface area contributed by atoms with Gasteiger partial charge in [-0.3, -0.25) is 0 Å². The molecule has 0 radical (unpaired) electrons. The summed E-state index contributed by atoms with van der Waals surface area (Å²) in [5, 5.41) is 0. The second kappa shape index (κ2) is 11.7. The minimum Gasteiger partial charge on any atom is -0.494 e. The van der Waals surface area contributed by atoms with E-state index >= 15 is 0 Å². The van der Waals surface area contributed by atoms with Crippen molar-refractivity contribution in [2.45, 2.75) is 37.9 Å². The molecule has 2 unspecified atom stereocenters. The van der Waals surface area contributed by atoms with E-state index in [4.69, 9.17) is 28.4 Å². The second-order valence-electron chi connectivity index (χ2n) is 9.58. The van der Waals surface area contributed by atoms with Crippen LogP contribution in [-0.4, -0.2) is 50.1 Å². The van der Waals surface area contributed by atoms with E-state index < -0.39 is 11.9 Å². The van der Waals surface area contributed by atoms with E-state index in [0.717, 1.165) is 32.5 Å². The summed E-state index contributed by atoms with van der Waals surface area (Å²) in [5.74, 6) is 1.06. The first-order valence-electron chi connectivity index (χ1n) is 12.7. The zero-order chi connectivity index (χ0) is 26.4. The quantitative estimate of drug-likeness (QED) is 0.131. The number of epoxide rings is 2. The third kappa shape index (κ3) is 7.57. The minimum absolute atomic E-state index is 0.0520. The largest absolute Gasteiger partial charge is 0.494 e. The monoisotopic (exact) mass is 518 g/mol. The van der Waals surface area contributed by atoms with E-state index in [-0.39, 0.29) is 5.60 Å². The van der Waals surface area contributed by atoms with Gasteiger partial charge in [0.15, 0.2) is 0 Å². The first kappa shape index (κ1) is 25.8.